The lowest BCUT2D eigenvalue weighted by Crippen LogP contribution is -2.22. The van der Waals surface area contributed by atoms with E-state index in [2.05, 4.69) is 21.0 Å². The fourth-order valence-electron chi connectivity index (χ4n) is 1.94. The summed E-state index contributed by atoms with van der Waals surface area (Å²) in [5.41, 5.74) is 8.67. The minimum absolute atomic E-state index is 0.181. The third kappa shape index (κ3) is 2.70. The zero-order chi connectivity index (χ0) is 15.9. The number of aromatic nitrogens is 2. The van der Waals surface area contributed by atoms with Crippen LogP contribution < -0.4 is 5.73 Å². The zero-order valence-corrected chi connectivity index (χ0v) is 14.7. The van der Waals surface area contributed by atoms with Crippen molar-refractivity contribution >= 4 is 31.6 Å². The van der Waals surface area contributed by atoms with Crippen molar-refractivity contribution in [2.24, 2.45) is 0 Å². The second-order valence-electron chi connectivity index (χ2n) is 4.90. The van der Waals surface area contributed by atoms with E-state index < -0.39 is 10.0 Å². The van der Waals surface area contributed by atoms with Gasteiger partial charge in [-0.25, -0.2) is 17.4 Å². The average Bonchev–Trinajstić information content (AvgIpc) is 2.66. The molecule has 2 rings (SSSR count). The highest BCUT2D eigenvalue weighted by Gasteiger charge is 2.20. The first kappa shape index (κ1) is 16.0. The van der Waals surface area contributed by atoms with E-state index in [1.807, 2.05) is 13.8 Å². The number of sulfonamides is 1. The van der Waals surface area contributed by atoms with E-state index in [9.17, 15) is 8.42 Å². The van der Waals surface area contributed by atoms with Gasteiger partial charge in [0.1, 0.15) is 0 Å². The van der Waals surface area contributed by atoms with Crippen molar-refractivity contribution in [2.45, 2.75) is 18.7 Å². The highest BCUT2D eigenvalue weighted by Crippen LogP contribution is 2.28. The maximum Gasteiger partial charge on any atom is 0.242 e. The molecule has 2 N–H and O–H groups in total. The van der Waals surface area contributed by atoms with Gasteiger partial charge in [-0.05, 0) is 48.0 Å². The van der Waals surface area contributed by atoms with Crippen molar-refractivity contribution in [2.75, 3.05) is 19.8 Å². The number of hydrogen-bond donors (Lipinski definition) is 1. The van der Waals surface area contributed by atoms with Gasteiger partial charge in [-0.1, -0.05) is 0 Å². The largest absolute Gasteiger partial charge is 0.397 e. The van der Waals surface area contributed by atoms with Crippen molar-refractivity contribution in [3.63, 3.8) is 0 Å². The molecule has 0 spiro atoms. The number of benzene rings is 1. The second kappa shape index (κ2) is 5.43. The van der Waals surface area contributed by atoms with Crippen LogP contribution in [0, 0.1) is 13.8 Å². The lowest BCUT2D eigenvalue weighted by Gasteiger charge is -2.14. The number of anilines is 1. The first-order valence-electron chi connectivity index (χ1n) is 6.20. The van der Waals surface area contributed by atoms with Crippen molar-refractivity contribution < 1.29 is 8.42 Å². The van der Waals surface area contributed by atoms with Gasteiger partial charge in [0.2, 0.25) is 10.0 Å². The van der Waals surface area contributed by atoms with Gasteiger partial charge in [0.15, 0.2) is 0 Å². The van der Waals surface area contributed by atoms with Gasteiger partial charge in [-0.3, -0.25) is 0 Å². The molecule has 0 saturated carbocycles. The topological polar surface area (TPSA) is 81.2 Å². The molecule has 0 aliphatic carbocycles. The van der Waals surface area contributed by atoms with Crippen LogP contribution in [0.25, 0.3) is 5.69 Å². The van der Waals surface area contributed by atoms with E-state index in [0.717, 1.165) is 15.9 Å². The molecule has 0 radical (unpaired) electrons. The van der Waals surface area contributed by atoms with E-state index in [1.54, 1.807) is 10.7 Å². The molecule has 0 aliphatic heterocycles. The molecule has 0 unspecified atom stereocenters. The van der Waals surface area contributed by atoms with Crippen molar-refractivity contribution in [3.8, 4) is 5.69 Å². The van der Waals surface area contributed by atoms with Gasteiger partial charge >= 0.3 is 0 Å². The molecule has 0 amide bonds. The second-order valence-corrected chi connectivity index (χ2v) is 7.85. The lowest BCUT2D eigenvalue weighted by atomic mass is 10.2. The number of nitrogens with two attached hydrogens (primary N) is 1. The Balaban J connectivity index is 2.68. The summed E-state index contributed by atoms with van der Waals surface area (Å²) in [6, 6.07) is 4.61. The number of nitrogens with zero attached hydrogens (tertiary/aromatic N) is 3. The summed E-state index contributed by atoms with van der Waals surface area (Å²) in [5.74, 6) is 0. The Kier molecular flexibility index (Phi) is 4.14. The first-order chi connectivity index (χ1) is 9.66. The van der Waals surface area contributed by atoms with Crippen LogP contribution in [-0.2, 0) is 10.0 Å². The highest BCUT2D eigenvalue weighted by atomic mass is 79.9. The Labute approximate surface area is 132 Å². The molecule has 1 aromatic heterocycles. The lowest BCUT2D eigenvalue weighted by molar-refractivity contribution is 0.520. The van der Waals surface area contributed by atoms with Gasteiger partial charge in [0, 0.05) is 14.1 Å². The molecule has 8 heteroatoms. The Hall–Kier alpha value is -1.38. The fourth-order valence-corrected chi connectivity index (χ4v) is 3.11. The van der Waals surface area contributed by atoms with E-state index >= 15 is 0 Å². The van der Waals surface area contributed by atoms with Gasteiger partial charge in [0.25, 0.3) is 0 Å². The molecule has 0 aliphatic rings. The summed E-state index contributed by atoms with van der Waals surface area (Å²) in [4.78, 5) is 0.181. The summed E-state index contributed by atoms with van der Waals surface area (Å²) >= 11 is 3.45. The van der Waals surface area contributed by atoms with Crippen LogP contribution in [0.5, 0.6) is 0 Å². The summed E-state index contributed by atoms with van der Waals surface area (Å²) in [5, 5.41) is 4.39. The monoisotopic (exact) mass is 372 g/mol. The Bertz CT molecular complexity index is 797. The van der Waals surface area contributed by atoms with Gasteiger partial charge in [0.05, 0.1) is 32.1 Å². The third-order valence-electron chi connectivity index (χ3n) is 3.21. The number of rotatable bonds is 3. The molecule has 0 fully saturated rings. The predicted molar refractivity (Wildman–Crippen MR) is 86.0 cm³/mol. The van der Waals surface area contributed by atoms with Crippen LogP contribution >= 0.6 is 15.9 Å². The predicted octanol–water partition coefficient (Wildman–Crippen LogP) is 2.08. The molecule has 0 bridgehead atoms. The van der Waals surface area contributed by atoms with Gasteiger partial charge < -0.3 is 5.73 Å². The van der Waals surface area contributed by atoms with Crippen molar-refractivity contribution in [3.05, 3.63) is 34.1 Å². The van der Waals surface area contributed by atoms with Crippen molar-refractivity contribution in [1.82, 2.24) is 14.1 Å². The Morgan fingerprint density at radius 2 is 1.90 bits per heavy atom. The Morgan fingerprint density at radius 3 is 2.38 bits per heavy atom. The van der Waals surface area contributed by atoms with Crippen molar-refractivity contribution in [1.29, 1.82) is 0 Å². The summed E-state index contributed by atoms with van der Waals surface area (Å²) in [6.07, 6.45) is 0. The Morgan fingerprint density at radius 1 is 1.29 bits per heavy atom. The van der Waals surface area contributed by atoms with E-state index in [0.29, 0.717) is 11.4 Å². The number of nitrogen functional groups attached to an aromatic ring is 1. The minimum atomic E-state index is -3.52. The highest BCUT2D eigenvalue weighted by molar-refractivity contribution is 9.10. The number of aryl methyl sites for hydroxylation is 1. The van der Waals surface area contributed by atoms with E-state index in [-0.39, 0.29) is 4.90 Å². The standard InChI is InChI=1S/C13H17BrN4O2S/c1-8-13(14)9(2)18(16-8)12-7-10(5-6-11(12)15)21(19,20)17(3)4/h5-7H,15H2,1-4H3. The van der Waals surface area contributed by atoms with Crippen LogP contribution in [-0.4, -0.2) is 36.6 Å². The van der Waals surface area contributed by atoms with Crippen LogP contribution in [0.4, 0.5) is 5.69 Å². The molecular weight excluding hydrogens is 356 g/mol. The molecule has 1 aromatic carbocycles. The van der Waals surface area contributed by atoms with Gasteiger partial charge in [-0.15, -0.1) is 0 Å². The molecule has 114 valence electrons. The average molecular weight is 373 g/mol. The quantitative estimate of drug-likeness (QED) is 0.836. The normalized spacial score (nSPS) is 12.1. The molecular formula is C13H17BrN4O2S. The molecule has 2 aromatic rings. The minimum Gasteiger partial charge on any atom is -0.397 e. The van der Waals surface area contributed by atoms with E-state index in [4.69, 9.17) is 5.73 Å². The van der Waals surface area contributed by atoms with Crippen LogP contribution in [0.15, 0.2) is 27.6 Å². The maximum atomic E-state index is 12.2. The van der Waals surface area contributed by atoms with Crippen LogP contribution in [0.2, 0.25) is 0 Å². The van der Waals surface area contributed by atoms with E-state index in [1.165, 1.54) is 30.5 Å². The number of halogens is 1. The maximum absolute atomic E-state index is 12.2. The molecule has 6 nitrogen and oxygen atoms in total. The molecule has 0 saturated heterocycles. The third-order valence-corrected chi connectivity index (χ3v) is 6.17. The molecule has 0 atom stereocenters. The fraction of sp³-hybridized carbons (Fsp3) is 0.308. The summed E-state index contributed by atoms with van der Waals surface area (Å²) in [7, 11) is -0.533. The van der Waals surface area contributed by atoms with Gasteiger partial charge in [-0.2, -0.15) is 5.10 Å². The first-order valence-corrected chi connectivity index (χ1v) is 8.43. The molecule has 1 heterocycles. The SMILES string of the molecule is Cc1nn(-c2cc(S(=O)(=O)N(C)C)ccc2N)c(C)c1Br. The summed E-state index contributed by atoms with van der Waals surface area (Å²) < 4.78 is 28.1. The molecule has 21 heavy (non-hydrogen) atoms. The zero-order valence-electron chi connectivity index (χ0n) is 12.3. The number of hydrogen-bond acceptors (Lipinski definition) is 4. The van der Waals surface area contributed by atoms with Crippen LogP contribution in [0.1, 0.15) is 11.4 Å². The van der Waals surface area contributed by atoms with Crippen LogP contribution in [0.3, 0.4) is 0 Å². The smallest absolute Gasteiger partial charge is 0.242 e. The summed E-state index contributed by atoms with van der Waals surface area (Å²) in [6.45, 7) is 3.75.